The van der Waals surface area contributed by atoms with E-state index in [2.05, 4.69) is 0 Å². The summed E-state index contributed by atoms with van der Waals surface area (Å²) in [6.07, 6.45) is 2.61. The summed E-state index contributed by atoms with van der Waals surface area (Å²) in [5.41, 5.74) is 1.74. The number of anilines is 1. The molecule has 1 aliphatic heterocycles. The summed E-state index contributed by atoms with van der Waals surface area (Å²) >= 11 is 6.29. The Hall–Kier alpha value is -2.58. The first-order valence-corrected chi connectivity index (χ1v) is 12.5. The second-order valence-electron chi connectivity index (χ2n) is 8.04. The predicted molar refractivity (Wildman–Crippen MR) is 121 cm³/mol. The van der Waals surface area contributed by atoms with E-state index in [-0.39, 0.29) is 28.6 Å². The molecule has 0 atom stereocenters. The predicted octanol–water partition coefficient (Wildman–Crippen LogP) is 3.51. The first kappa shape index (κ1) is 22.6. The van der Waals surface area contributed by atoms with Gasteiger partial charge in [0.15, 0.2) is 0 Å². The Morgan fingerprint density at radius 3 is 2.66 bits per heavy atom. The lowest BCUT2D eigenvalue weighted by Crippen LogP contribution is -2.38. The number of sulfonamides is 1. The molecule has 1 saturated carbocycles. The molecule has 9 heteroatoms. The van der Waals surface area contributed by atoms with Crippen LogP contribution < -0.4 is 4.31 Å². The Balaban J connectivity index is 1.64. The van der Waals surface area contributed by atoms with Crippen LogP contribution in [-0.4, -0.2) is 51.4 Å². The monoisotopic (exact) mass is 476 g/mol. The maximum atomic E-state index is 13.5. The highest BCUT2D eigenvalue weighted by atomic mass is 35.5. The van der Waals surface area contributed by atoms with Crippen molar-refractivity contribution in [2.45, 2.75) is 31.1 Å². The molecule has 0 radical (unpaired) electrons. The van der Waals surface area contributed by atoms with Crippen LogP contribution in [0.5, 0.6) is 0 Å². The molecule has 0 saturated heterocycles. The van der Waals surface area contributed by atoms with Crippen molar-refractivity contribution in [2.75, 3.05) is 30.5 Å². The molecule has 2 aromatic carbocycles. The quantitative estimate of drug-likeness (QED) is 0.544. The molecule has 4 rings (SSSR count). The number of para-hydroxylation sites is 1. The minimum atomic E-state index is -3.97. The van der Waals surface area contributed by atoms with Gasteiger partial charge in [0.25, 0.3) is 15.9 Å². The second kappa shape index (κ2) is 9.11. The van der Waals surface area contributed by atoms with E-state index >= 15 is 0 Å². The van der Waals surface area contributed by atoms with Crippen LogP contribution in [-0.2, 0) is 26.0 Å². The van der Waals surface area contributed by atoms with Gasteiger partial charge in [0.1, 0.15) is 11.4 Å². The Bertz CT molecular complexity index is 1150. The van der Waals surface area contributed by atoms with E-state index in [1.807, 2.05) is 12.1 Å². The molecule has 0 aromatic heterocycles. The van der Waals surface area contributed by atoms with Crippen molar-refractivity contribution in [3.05, 3.63) is 58.6 Å². The highest BCUT2D eigenvalue weighted by Gasteiger charge is 2.34. The lowest BCUT2D eigenvalue weighted by molar-refractivity contribution is -0.143. The van der Waals surface area contributed by atoms with Gasteiger partial charge in [-0.05, 0) is 61.9 Å². The number of benzene rings is 2. The highest BCUT2D eigenvalue weighted by Crippen LogP contribution is 2.35. The molecule has 0 spiro atoms. The molecule has 1 amide bonds. The summed E-state index contributed by atoms with van der Waals surface area (Å²) in [6.45, 7) is 2.50. The van der Waals surface area contributed by atoms with Crippen LogP contribution in [0, 0.1) is 5.92 Å². The van der Waals surface area contributed by atoms with Crippen LogP contribution in [0.15, 0.2) is 47.4 Å². The number of carbonyl (C=O) groups is 2. The zero-order valence-corrected chi connectivity index (χ0v) is 19.4. The molecule has 1 aliphatic carbocycles. The Morgan fingerprint density at radius 2 is 1.94 bits per heavy atom. The largest absolute Gasteiger partial charge is 0.465 e. The Labute approximate surface area is 193 Å². The number of hydrogen-bond donors (Lipinski definition) is 0. The third-order valence-electron chi connectivity index (χ3n) is 5.68. The molecule has 0 unspecified atom stereocenters. The molecule has 2 aliphatic rings. The van der Waals surface area contributed by atoms with Crippen LogP contribution in [0.1, 0.15) is 35.7 Å². The van der Waals surface area contributed by atoms with Crippen molar-refractivity contribution in [1.29, 1.82) is 0 Å². The fourth-order valence-corrected chi connectivity index (χ4v) is 5.89. The molecule has 170 valence electrons. The Morgan fingerprint density at radius 1 is 1.19 bits per heavy atom. The summed E-state index contributed by atoms with van der Waals surface area (Å²) in [4.78, 5) is 26.6. The van der Waals surface area contributed by atoms with Gasteiger partial charge >= 0.3 is 5.97 Å². The number of carbonyl (C=O) groups excluding carboxylic acids is 2. The number of amides is 1. The van der Waals surface area contributed by atoms with Crippen LogP contribution in [0.4, 0.5) is 5.69 Å². The van der Waals surface area contributed by atoms with Gasteiger partial charge in [-0.15, -0.1) is 0 Å². The zero-order valence-electron chi connectivity index (χ0n) is 17.8. The maximum Gasteiger partial charge on any atom is 0.325 e. The molecule has 0 bridgehead atoms. The standard InChI is InChI=1S/C23H25ClN2O5S/c1-2-31-22(27)15-25(14-16-7-8-16)23(28)18-9-10-19(24)21(13-18)32(29,30)26-12-11-17-5-3-4-6-20(17)26/h3-6,9-10,13,16H,2,7-8,11-12,14-15H2,1H3. The van der Waals surface area contributed by atoms with Crippen molar-refractivity contribution in [2.24, 2.45) is 5.92 Å². The molecule has 1 heterocycles. The molecule has 1 fully saturated rings. The van der Waals surface area contributed by atoms with E-state index in [9.17, 15) is 18.0 Å². The number of halogens is 1. The summed E-state index contributed by atoms with van der Waals surface area (Å²) in [5.74, 6) is -0.554. The highest BCUT2D eigenvalue weighted by molar-refractivity contribution is 7.93. The number of fused-ring (bicyclic) bond motifs is 1. The normalized spacial score (nSPS) is 15.4. The summed E-state index contributed by atoms with van der Waals surface area (Å²) in [7, 11) is -3.97. The van der Waals surface area contributed by atoms with Crippen molar-refractivity contribution < 1.29 is 22.7 Å². The van der Waals surface area contributed by atoms with E-state index in [4.69, 9.17) is 16.3 Å². The van der Waals surface area contributed by atoms with Crippen molar-refractivity contribution >= 4 is 39.2 Å². The van der Waals surface area contributed by atoms with Crippen molar-refractivity contribution in [3.8, 4) is 0 Å². The average Bonchev–Trinajstić information content (AvgIpc) is 3.47. The van der Waals surface area contributed by atoms with Crippen LogP contribution in [0.3, 0.4) is 0 Å². The lowest BCUT2D eigenvalue weighted by Gasteiger charge is -2.23. The fraction of sp³-hybridized carbons (Fsp3) is 0.391. The van der Waals surface area contributed by atoms with E-state index in [0.717, 1.165) is 18.4 Å². The maximum absolute atomic E-state index is 13.5. The van der Waals surface area contributed by atoms with Gasteiger partial charge in [-0.3, -0.25) is 13.9 Å². The smallest absolute Gasteiger partial charge is 0.325 e. The molecule has 2 aromatic rings. The SMILES string of the molecule is CCOC(=O)CN(CC1CC1)C(=O)c1ccc(Cl)c(S(=O)(=O)N2CCc3ccccc32)c1. The molecule has 32 heavy (non-hydrogen) atoms. The van der Waals surface area contributed by atoms with E-state index in [1.54, 1.807) is 19.1 Å². The van der Waals surface area contributed by atoms with Crippen LogP contribution >= 0.6 is 11.6 Å². The van der Waals surface area contributed by atoms with E-state index in [1.165, 1.54) is 27.4 Å². The Kier molecular flexibility index (Phi) is 6.44. The van der Waals surface area contributed by atoms with Gasteiger partial charge < -0.3 is 9.64 Å². The van der Waals surface area contributed by atoms with Crippen LogP contribution in [0.25, 0.3) is 0 Å². The third-order valence-corrected chi connectivity index (χ3v) is 7.97. The van der Waals surface area contributed by atoms with Gasteiger partial charge in [0, 0.05) is 18.7 Å². The molecule has 7 nitrogen and oxygen atoms in total. The molecular formula is C23H25ClN2O5S. The summed E-state index contributed by atoms with van der Waals surface area (Å²) in [5, 5.41) is 0.0464. The minimum absolute atomic E-state index is 0.0464. The van der Waals surface area contributed by atoms with Gasteiger partial charge in [0.2, 0.25) is 0 Å². The summed E-state index contributed by atoms with van der Waals surface area (Å²) in [6, 6.07) is 11.6. The number of hydrogen-bond acceptors (Lipinski definition) is 5. The van der Waals surface area contributed by atoms with E-state index < -0.39 is 21.9 Å². The molecular weight excluding hydrogens is 452 g/mol. The van der Waals surface area contributed by atoms with E-state index in [0.29, 0.717) is 31.1 Å². The van der Waals surface area contributed by atoms with Crippen molar-refractivity contribution in [1.82, 2.24) is 4.90 Å². The lowest BCUT2D eigenvalue weighted by atomic mass is 10.2. The molecule has 0 N–H and O–H groups in total. The number of esters is 1. The average molecular weight is 477 g/mol. The zero-order chi connectivity index (χ0) is 22.9. The second-order valence-corrected chi connectivity index (χ2v) is 10.3. The number of rotatable bonds is 8. The number of ether oxygens (including phenoxy) is 1. The van der Waals surface area contributed by atoms with Crippen molar-refractivity contribution in [3.63, 3.8) is 0 Å². The summed E-state index contributed by atoms with van der Waals surface area (Å²) < 4.78 is 33.2. The first-order valence-electron chi connectivity index (χ1n) is 10.7. The van der Waals surface area contributed by atoms with Gasteiger partial charge in [-0.1, -0.05) is 29.8 Å². The topological polar surface area (TPSA) is 84.0 Å². The number of nitrogens with zero attached hydrogens (tertiary/aromatic N) is 2. The van der Waals surface area contributed by atoms with Gasteiger partial charge in [-0.25, -0.2) is 8.42 Å². The fourth-order valence-electron chi connectivity index (χ4n) is 3.89. The van der Waals surface area contributed by atoms with Gasteiger partial charge in [-0.2, -0.15) is 0 Å². The first-order chi connectivity index (χ1) is 15.3. The minimum Gasteiger partial charge on any atom is -0.465 e. The van der Waals surface area contributed by atoms with Gasteiger partial charge in [0.05, 0.1) is 17.3 Å². The van der Waals surface area contributed by atoms with Crippen LogP contribution in [0.2, 0.25) is 5.02 Å². The third kappa shape index (κ3) is 4.61.